The molecule has 2 aromatic carbocycles. The van der Waals surface area contributed by atoms with Crippen LogP contribution in [0.1, 0.15) is 69.9 Å². The number of fused-ring (bicyclic) bond motifs is 3. The highest BCUT2D eigenvalue weighted by atomic mass is 16.5. The minimum absolute atomic E-state index is 0.164. The molecule has 1 heterocycles. The lowest BCUT2D eigenvalue weighted by molar-refractivity contribution is -0.0310. The van der Waals surface area contributed by atoms with Gasteiger partial charge in [0.1, 0.15) is 17.1 Å². The molecule has 1 fully saturated rings. The van der Waals surface area contributed by atoms with Crippen molar-refractivity contribution in [3.8, 4) is 11.5 Å². The second-order valence-electron chi connectivity index (χ2n) is 9.39. The first-order valence-corrected chi connectivity index (χ1v) is 11.1. The summed E-state index contributed by atoms with van der Waals surface area (Å²) in [5, 5.41) is 10.2. The fourth-order valence-electron chi connectivity index (χ4n) is 5.20. The third kappa shape index (κ3) is 4.61. The van der Waals surface area contributed by atoms with Crippen molar-refractivity contribution in [1.29, 1.82) is 0 Å². The van der Waals surface area contributed by atoms with Crippen molar-refractivity contribution in [2.75, 3.05) is 0 Å². The Bertz CT molecular complexity index is 814. The van der Waals surface area contributed by atoms with E-state index >= 15 is 0 Å². The average molecular weight is 395 g/mol. The van der Waals surface area contributed by atoms with E-state index in [-0.39, 0.29) is 17.8 Å². The molecule has 0 radical (unpaired) electrons. The molecule has 1 unspecified atom stereocenters. The number of aliphatic hydroxyl groups excluding tert-OH is 1. The van der Waals surface area contributed by atoms with E-state index in [1.165, 1.54) is 11.1 Å². The molecule has 156 valence electrons. The summed E-state index contributed by atoms with van der Waals surface area (Å²) in [6, 6.07) is 16.9. The van der Waals surface area contributed by atoms with Gasteiger partial charge in [-0.1, -0.05) is 36.4 Å². The van der Waals surface area contributed by atoms with Crippen LogP contribution in [0, 0.1) is 5.92 Å². The van der Waals surface area contributed by atoms with Gasteiger partial charge < -0.3 is 14.6 Å². The lowest BCUT2D eigenvalue weighted by Crippen LogP contribution is -2.47. The summed E-state index contributed by atoms with van der Waals surface area (Å²) in [4.78, 5) is 0. The fraction of sp³-hybridized carbons (Fsp3) is 0.538. The molecule has 4 atom stereocenters. The highest BCUT2D eigenvalue weighted by Crippen LogP contribution is 2.52. The molecule has 1 N–H and O–H groups in total. The van der Waals surface area contributed by atoms with Crippen LogP contribution in [-0.4, -0.2) is 22.9 Å². The van der Waals surface area contributed by atoms with Gasteiger partial charge >= 0.3 is 0 Å². The Balaban J connectivity index is 1.40. The van der Waals surface area contributed by atoms with Gasteiger partial charge in [0, 0.05) is 12.0 Å². The third-order valence-electron chi connectivity index (χ3n) is 6.73. The van der Waals surface area contributed by atoms with Crippen LogP contribution < -0.4 is 9.47 Å². The Labute approximate surface area is 175 Å². The Morgan fingerprint density at radius 3 is 2.72 bits per heavy atom. The largest absolute Gasteiger partial charge is 0.491 e. The number of rotatable bonds is 6. The van der Waals surface area contributed by atoms with E-state index in [1.54, 1.807) is 0 Å². The lowest BCUT2D eigenvalue weighted by Gasteiger charge is -2.48. The number of aliphatic hydroxyl groups is 1. The molecule has 3 heteroatoms. The highest BCUT2D eigenvalue weighted by Gasteiger charge is 2.46. The van der Waals surface area contributed by atoms with Crippen LogP contribution in [0.5, 0.6) is 11.5 Å². The molecule has 1 saturated carbocycles. The smallest absolute Gasteiger partial charge is 0.127 e. The maximum atomic E-state index is 10.2. The molecule has 29 heavy (non-hydrogen) atoms. The Kier molecular flexibility index (Phi) is 5.87. The van der Waals surface area contributed by atoms with E-state index in [4.69, 9.17) is 9.47 Å². The van der Waals surface area contributed by atoms with Crippen molar-refractivity contribution >= 4 is 0 Å². The molecule has 4 rings (SSSR count). The fourth-order valence-corrected chi connectivity index (χ4v) is 5.20. The highest BCUT2D eigenvalue weighted by molar-refractivity contribution is 5.45. The number of hydrogen-bond acceptors (Lipinski definition) is 3. The molecule has 2 aromatic rings. The maximum absolute atomic E-state index is 10.2. The van der Waals surface area contributed by atoms with E-state index < -0.39 is 0 Å². The predicted molar refractivity (Wildman–Crippen MR) is 117 cm³/mol. The average Bonchev–Trinajstić information content (AvgIpc) is 2.68. The molecule has 0 spiro atoms. The molecular formula is C26H34O3. The van der Waals surface area contributed by atoms with Crippen LogP contribution in [0.25, 0.3) is 0 Å². The molecule has 0 bridgehead atoms. The molecule has 0 amide bonds. The van der Waals surface area contributed by atoms with Crippen LogP contribution >= 0.6 is 0 Å². The van der Waals surface area contributed by atoms with Gasteiger partial charge in [-0.2, -0.15) is 0 Å². The van der Waals surface area contributed by atoms with Crippen molar-refractivity contribution in [3.05, 3.63) is 59.7 Å². The van der Waals surface area contributed by atoms with Gasteiger partial charge in [0.05, 0.1) is 12.2 Å². The summed E-state index contributed by atoms with van der Waals surface area (Å²) in [6.07, 6.45) is 5.93. The van der Waals surface area contributed by atoms with Gasteiger partial charge in [-0.05, 0) is 82.4 Å². The Morgan fingerprint density at radius 2 is 1.93 bits per heavy atom. The molecule has 1 aliphatic heterocycles. The zero-order valence-electron chi connectivity index (χ0n) is 17.9. The van der Waals surface area contributed by atoms with E-state index in [0.29, 0.717) is 11.8 Å². The van der Waals surface area contributed by atoms with Gasteiger partial charge in [-0.3, -0.25) is 0 Å². The summed E-state index contributed by atoms with van der Waals surface area (Å²) in [5.74, 6) is 2.64. The zero-order valence-corrected chi connectivity index (χ0v) is 17.9. The van der Waals surface area contributed by atoms with Gasteiger partial charge in [0.2, 0.25) is 0 Å². The van der Waals surface area contributed by atoms with Crippen LogP contribution in [0.4, 0.5) is 0 Å². The van der Waals surface area contributed by atoms with Gasteiger partial charge in [0.15, 0.2) is 0 Å². The molecule has 0 aromatic heterocycles. The Hall–Kier alpha value is -2.00. The van der Waals surface area contributed by atoms with Gasteiger partial charge in [-0.15, -0.1) is 0 Å². The Morgan fingerprint density at radius 1 is 1.14 bits per heavy atom. The van der Waals surface area contributed by atoms with Crippen molar-refractivity contribution in [1.82, 2.24) is 0 Å². The predicted octanol–water partition coefficient (Wildman–Crippen LogP) is 5.89. The standard InChI is InChI=1S/C26H34O3/c1-18(8-7-11-19-9-5-4-6-10-19)28-21-13-14-22-23-16-20(27)12-15-24(23)26(2,3)29-25(22)17-21/h4-6,9-10,13-14,17-18,20,23-24,27H,7-8,11-12,15-16H2,1-3H3/t18?,20-,23+,24-/m1/s1. The zero-order chi connectivity index (χ0) is 20.4. The molecule has 3 nitrogen and oxygen atoms in total. The van der Waals surface area contributed by atoms with Gasteiger partial charge in [-0.25, -0.2) is 0 Å². The summed E-state index contributed by atoms with van der Waals surface area (Å²) >= 11 is 0. The van der Waals surface area contributed by atoms with E-state index in [9.17, 15) is 5.11 Å². The minimum atomic E-state index is -0.211. The molecule has 2 aliphatic rings. The number of ether oxygens (including phenoxy) is 2. The van der Waals surface area contributed by atoms with E-state index in [2.05, 4.69) is 69.3 Å². The van der Waals surface area contributed by atoms with E-state index in [1.807, 2.05) is 0 Å². The molecule has 1 aliphatic carbocycles. The SMILES string of the molecule is CC(CCCc1ccccc1)Oc1ccc2c(c1)OC(C)(C)[C@@H]1CC[C@@H](O)C[C@@H]21. The first kappa shape index (κ1) is 20.3. The van der Waals surface area contributed by atoms with Crippen molar-refractivity contribution in [2.45, 2.75) is 83.0 Å². The first-order valence-electron chi connectivity index (χ1n) is 11.1. The second kappa shape index (κ2) is 8.39. The molecule has 0 saturated heterocycles. The third-order valence-corrected chi connectivity index (χ3v) is 6.73. The first-order chi connectivity index (χ1) is 13.9. The monoisotopic (exact) mass is 394 g/mol. The normalized spacial score (nSPS) is 26.0. The summed E-state index contributed by atoms with van der Waals surface area (Å²) < 4.78 is 12.6. The number of hydrogen-bond donors (Lipinski definition) is 1. The molecular weight excluding hydrogens is 360 g/mol. The minimum Gasteiger partial charge on any atom is -0.491 e. The van der Waals surface area contributed by atoms with E-state index in [0.717, 1.165) is 50.0 Å². The second-order valence-corrected chi connectivity index (χ2v) is 9.39. The number of benzene rings is 2. The summed E-state index contributed by atoms with van der Waals surface area (Å²) in [5.41, 5.74) is 2.41. The topological polar surface area (TPSA) is 38.7 Å². The van der Waals surface area contributed by atoms with Crippen LogP contribution in [0.3, 0.4) is 0 Å². The summed E-state index contributed by atoms with van der Waals surface area (Å²) in [7, 11) is 0. The van der Waals surface area contributed by atoms with Crippen molar-refractivity contribution in [2.24, 2.45) is 5.92 Å². The van der Waals surface area contributed by atoms with Crippen LogP contribution in [0.15, 0.2) is 48.5 Å². The quantitative estimate of drug-likeness (QED) is 0.664. The summed E-state index contributed by atoms with van der Waals surface area (Å²) in [6.45, 7) is 6.51. The maximum Gasteiger partial charge on any atom is 0.127 e. The van der Waals surface area contributed by atoms with Crippen molar-refractivity contribution < 1.29 is 14.6 Å². The van der Waals surface area contributed by atoms with Crippen LogP contribution in [-0.2, 0) is 6.42 Å². The van der Waals surface area contributed by atoms with Gasteiger partial charge in [0.25, 0.3) is 0 Å². The van der Waals surface area contributed by atoms with Crippen LogP contribution in [0.2, 0.25) is 0 Å². The van der Waals surface area contributed by atoms with Crippen molar-refractivity contribution in [3.63, 3.8) is 0 Å². The lowest BCUT2D eigenvalue weighted by atomic mass is 9.66. The number of aryl methyl sites for hydroxylation is 1.